The van der Waals surface area contributed by atoms with Gasteiger partial charge in [0.1, 0.15) is 0 Å². The largest absolute Gasteiger partial charge is 0.466 e. The minimum atomic E-state index is -0.826. The molecule has 0 radical (unpaired) electrons. The Balaban J connectivity index is 1.70. The number of aromatic nitrogens is 2. The first-order chi connectivity index (χ1) is 15.5. The van der Waals surface area contributed by atoms with Crippen molar-refractivity contribution in [2.45, 2.75) is 19.8 Å². The molecule has 0 bridgehead atoms. The number of ether oxygens (including phenoxy) is 2. The molecular weight excluding hydrogens is 414 g/mol. The molecular formula is C23H23N3O6. The molecule has 1 N–H and O–H groups in total. The van der Waals surface area contributed by atoms with Crippen molar-refractivity contribution < 1.29 is 23.9 Å². The third-order valence-electron chi connectivity index (χ3n) is 4.52. The summed E-state index contributed by atoms with van der Waals surface area (Å²) in [6.07, 6.45) is 0.595. The molecule has 0 aliphatic heterocycles. The normalized spacial score (nSPS) is 10.5. The van der Waals surface area contributed by atoms with E-state index in [9.17, 15) is 19.2 Å². The zero-order valence-corrected chi connectivity index (χ0v) is 17.6. The van der Waals surface area contributed by atoms with E-state index in [2.05, 4.69) is 10.4 Å². The minimum Gasteiger partial charge on any atom is -0.466 e. The molecule has 3 aromatic rings. The molecule has 0 unspecified atom stereocenters. The van der Waals surface area contributed by atoms with Crippen LogP contribution in [0.2, 0.25) is 0 Å². The molecule has 0 fully saturated rings. The van der Waals surface area contributed by atoms with E-state index in [0.29, 0.717) is 29.5 Å². The maximum absolute atomic E-state index is 12.9. The monoisotopic (exact) mass is 437 g/mol. The summed E-state index contributed by atoms with van der Waals surface area (Å²) in [6, 6.07) is 15.3. The van der Waals surface area contributed by atoms with Crippen LogP contribution in [0.1, 0.15) is 30.3 Å². The second-order valence-corrected chi connectivity index (χ2v) is 6.78. The highest BCUT2D eigenvalue weighted by Crippen LogP contribution is 2.16. The van der Waals surface area contributed by atoms with Crippen LogP contribution in [0.25, 0.3) is 16.5 Å². The van der Waals surface area contributed by atoms with Gasteiger partial charge in [0.05, 0.1) is 17.7 Å². The average Bonchev–Trinajstić information content (AvgIpc) is 2.81. The summed E-state index contributed by atoms with van der Waals surface area (Å²) in [5.41, 5.74) is 0.0542. The summed E-state index contributed by atoms with van der Waals surface area (Å²) < 4.78 is 11.1. The van der Waals surface area contributed by atoms with Gasteiger partial charge in [0.15, 0.2) is 12.3 Å². The Hall–Kier alpha value is -4.01. The number of nitrogens with zero attached hydrogens (tertiary/aromatic N) is 2. The number of hydrogen-bond acceptors (Lipinski definition) is 7. The number of esters is 2. The van der Waals surface area contributed by atoms with Crippen molar-refractivity contribution in [3.05, 3.63) is 70.6 Å². The van der Waals surface area contributed by atoms with Crippen LogP contribution in [0, 0.1) is 0 Å². The number of carbonyl (C=O) groups excluding carboxylic acids is 3. The number of rotatable bonds is 9. The molecule has 0 aliphatic carbocycles. The quantitative estimate of drug-likeness (QED) is 0.402. The Morgan fingerprint density at radius 1 is 0.969 bits per heavy atom. The van der Waals surface area contributed by atoms with Gasteiger partial charge in [-0.05, 0) is 31.5 Å². The van der Waals surface area contributed by atoms with Gasteiger partial charge < -0.3 is 14.8 Å². The van der Waals surface area contributed by atoms with Gasteiger partial charge in [-0.25, -0.2) is 4.79 Å². The predicted octanol–water partition coefficient (Wildman–Crippen LogP) is 2.00. The smallest absolute Gasteiger partial charge is 0.359 e. The highest BCUT2D eigenvalue weighted by molar-refractivity contribution is 6.02. The van der Waals surface area contributed by atoms with E-state index in [-0.39, 0.29) is 30.2 Å². The minimum absolute atomic E-state index is 0.0702. The van der Waals surface area contributed by atoms with Crippen molar-refractivity contribution in [2.75, 3.05) is 19.8 Å². The molecule has 9 nitrogen and oxygen atoms in total. The van der Waals surface area contributed by atoms with Crippen molar-refractivity contribution in [3.63, 3.8) is 0 Å². The van der Waals surface area contributed by atoms with Crippen molar-refractivity contribution in [1.29, 1.82) is 0 Å². The lowest BCUT2D eigenvalue weighted by molar-refractivity contribution is -0.143. The lowest BCUT2D eigenvalue weighted by Gasteiger charge is -2.11. The molecule has 0 atom stereocenters. The molecule has 0 saturated heterocycles. The van der Waals surface area contributed by atoms with Crippen LogP contribution in [-0.2, 0) is 19.1 Å². The standard InChI is InChI=1S/C23H23N3O6/c1-2-31-20(28)13-8-14-24-19(27)15-32-23(30)21-17-11-6-7-12-18(17)22(29)26(25-21)16-9-4-3-5-10-16/h3-7,9-12H,2,8,13-15H2,1H3,(H,24,27). The number of benzene rings is 2. The summed E-state index contributed by atoms with van der Waals surface area (Å²) in [5, 5.41) is 7.42. The first kappa shape index (κ1) is 22.7. The Bertz CT molecular complexity index is 1170. The summed E-state index contributed by atoms with van der Waals surface area (Å²) in [4.78, 5) is 48.8. The highest BCUT2D eigenvalue weighted by Gasteiger charge is 2.19. The number of amides is 1. The maximum Gasteiger partial charge on any atom is 0.359 e. The molecule has 0 saturated carbocycles. The van der Waals surface area contributed by atoms with Crippen LogP contribution < -0.4 is 10.9 Å². The van der Waals surface area contributed by atoms with E-state index in [1.165, 1.54) is 0 Å². The Morgan fingerprint density at radius 2 is 1.66 bits per heavy atom. The first-order valence-electron chi connectivity index (χ1n) is 10.2. The van der Waals surface area contributed by atoms with E-state index in [1.807, 2.05) is 0 Å². The van der Waals surface area contributed by atoms with Crippen molar-refractivity contribution in [1.82, 2.24) is 15.1 Å². The van der Waals surface area contributed by atoms with Gasteiger partial charge in [-0.15, -0.1) is 0 Å². The van der Waals surface area contributed by atoms with Crippen molar-refractivity contribution in [3.8, 4) is 5.69 Å². The lowest BCUT2D eigenvalue weighted by Crippen LogP contribution is -2.31. The molecule has 0 spiro atoms. The summed E-state index contributed by atoms with van der Waals surface area (Å²) >= 11 is 0. The zero-order chi connectivity index (χ0) is 22.9. The summed E-state index contributed by atoms with van der Waals surface area (Å²) in [7, 11) is 0. The molecule has 2 aromatic carbocycles. The van der Waals surface area contributed by atoms with Gasteiger partial charge in [-0.1, -0.05) is 36.4 Å². The SMILES string of the molecule is CCOC(=O)CCCNC(=O)COC(=O)c1nn(-c2ccccc2)c(=O)c2ccccc12. The predicted molar refractivity (Wildman–Crippen MR) is 116 cm³/mol. The Morgan fingerprint density at radius 3 is 2.38 bits per heavy atom. The lowest BCUT2D eigenvalue weighted by atomic mass is 10.1. The maximum atomic E-state index is 12.9. The number of hydrogen-bond donors (Lipinski definition) is 1. The molecule has 32 heavy (non-hydrogen) atoms. The fourth-order valence-electron chi connectivity index (χ4n) is 3.03. The van der Waals surface area contributed by atoms with E-state index in [4.69, 9.17) is 9.47 Å². The van der Waals surface area contributed by atoms with Gasteiger partial charge in [-0.2, -0.15) is 9.78 Å². The van der Waals surface area contributed by atoms with E-state index in [0.717, 1.165) is 4.68 Å². The van der Waals surface area contributed by atoms with Crippen molar-refractivity contribution in [2.24, 2.45) is 0 Å². The highest BCUT2D eigenvalue weighted by atomic mass is 16.5. The van der Waals surface area contributed by atoms with Crippen LogP contribution in [0.3, 0.4) is 0 Å². The number of para-hydroxylation sites is 1. The van der Waals surface area contributed by atoms with Gasteiger partial charge in [0, 0.05) is 18.4 Å². The summed E-state index contributed by atoms with van der Waals surface area (Å²) in [6.45, 7) is 1.76. The van der Waals surface area contributed by atoms with Gasteiger partial charge in [-0.3, -0.25) is 14.4 Å². The van der Waals surface area contributed by atoms with Crippen LogP contribution in [0.15, 0.2) is 59.4 Å². The average molecular weight is 437 g/mol. The molecule has 0 aliphatic rings. The molecule has 166 valence electrons. The Labute approximate surface area is 183 Å². The second kappa shape index (κ2) is 10.9. The second-order valence-electron chi connectivity index (χ2n) is 6.78. The first-order valence-corrected chi connectivity index (χ1v) is 10.2. The van der Waals surface area contributed by atoms with E-state index in [1.54, 1.807) is 61.5 Å². The molecule has 9 heteroatoms. The molecule has 3 rings (SSSR count). The van der Waals surface area contributed by atoms with Crippen LogP contribution >= 0.6 is 0 Å². The third kappa shape index (κ3) is 5.57. The zero-order valence-electron chi connectivity index (χ0n) is 17.6. The molecule has 1 heterocycles. The summed E-state index contributed by atoms with van der Waals surface area (Å²) in [5.74, 6) is -1.67. The number of nitrogens with one attached hydrogen (secondary N) is 1. The van der Waals surface area contributed by atoms with Crippen molar-refractivity contribution >= 4 is 28.6 Å². The molecule has 1 amide bonds. The van der Waals surface area contributed by atoms with E-state index >= 15 is 0 Å². The van der Waals surface area contributed by atoms with Crippen LogP contribution in [0.4, 0.5) is 0 Å². The topological polar surface area (TPSA) is 117 Å². The van der Waals surface area contributed by atoms with Gasteiger partial charge in [0.2, 0.25) is 0 Å². The molecule has 1 aromatic heterocycles. The number of fused-ring (bicyclic) bond motifs is 1. The Kier molecular flexibility index (Phi) is 7.69. The number of carbonyl (C=O) groups is 3. The van der Waals surface area contributed by atoms with Crippen LogP contribution in [0.5, 0.6) is 0 Å². The fourth-order valence-corrected chi connectivity index (χ4v) is 3.03. The third-order valence-corrected chi connectivity index (χ3v) is 4.52. The van der Waals surface area contributed by atoms with Crippen LogP contribution in [-0.4, -0.2) is 47.4 Å². The van der Waals surface area contributed by atoms with E-state index < -0.39 is 18.5 Å². The van der Waals surface area contributed by atoms with Gasteiger partial charge in [0.25, 0.3) is 11.5 Å². The fraction of sp³-hybridized carbons (Fsp3) is 0.261. The van der Waals surface area contributed by atoms with Gasteiger partial charge >= 0.3 is 11.9 Å².